The molecule has 1 fully saturated rings. The van der Waals surface area contributed by atoms with Crippen LogP contribution in [-0.4, -0.2) is 35.6 Å². The molecule has 2 aromatic rings. The smallest absolute Gasteiger partial charge is 0.244 e. The maximum Gasteiger partial charge on any atom is 0.244 e. The van der Waals surface area contributed by atoms with Gasteiger partial charge < -0.3 is 15.0 Å². The van der Waals surface area contributed by atoms with Gasteiger partial charge >= 0.3 is 0 Å². The normalized spacial score (nSPS) is 21.8. The van der Waals surface area contributed by atoms with Crippen molar-refractivity contribution < 1.29 is 13.2 Å². The lowest BCUT2D eigenvalue weighted by Crippen LogP contribution is -2.40. The molecule has 130 valence electrons. The van der Waals surface area contributed by atoms with Crippen molar-refractivity contribution in [3.8, 4) is 0 Å². The number of nitrogen functional groups attached to an aromatic ring is 1. The molecule has 2 atom stereocenters. The molecule has 0 amide bonds. The third-order valence-corrected chi connectivity index (χ3v) is 5.68. The number of aryl methyl sites for hydroxylation is 1. The molecule has 24 heavy (non-hydrogen) atoms. The van der Waals surface area contributed by atoms with E-state index in [9.17, 15) is 8.42 Å². The molecule has 0 radical (unpaired) electrons. The number of imidazole rings is 1. The zero-order valence-corrected chi connectivity index (χ0v) is 14.6. The Morgan fingerprint density at radius 3 is 2.96 bits per heavy atom. The molecule has 1 aliphatic rings. The number of halogens is 1. The summed E-state index contributed by atoms with van der Waals surface area (Å²) in [4.78, 5) is 7.75. The molecule has 8 nitrogen and oxygen atoms in total. The standard InChI is InChI=1S/C14H18ClN5O3S/c1-20-8-17-7-11(20)12-5-10(2-3-23-12)19-24(21,22)13-4-9(15)6-18-14(13)16/h4,6-8,10,12,19H,2-3,5H2,1H3,(H2,16,18). The second kappa shape index (κ2) is 6.67. The molecule has 0 bridgehead atoms. The quantitative estimate of drug-likeness (QED) is 0.836. The summed E-state index contributed by atoms with van der Waals surface area (Å²) in [6.45, 7) is 0.451. The topological polar surface area (TPSA) is 112 Å². The Morgan fingerprint density at radius 2 is 2.25 bits per heavy atom. The average Bonchev–Trinajstić information content (AvgIpc) is 2.95. The van der Waals surface area contributed by atoms with Crippen LogP contribution in [0.5, 0.6) is 0 Å². The van der Waals surface area contributed by atoms with Crippen LogP contribution in [0.1, 0.15) is 24.6 Å². The maximum atomic E-state index is 12.6. The number of anilines is 1. The van der Waals surface area contributed by atoms with Gasteiger partial charge in [0, 0.05) is 25.9 Å². The summed E-state index contributed by atoms with van der Waals surface area (Å²) in [7, 11) is -1.94. The summed E-state index contributed by atoms with van der Waals surface area (Å²) in [5.41, 5.74) is 6.59. The largest absolute Gasteiger partial charge is 0.383 e. The molecule has 0 aliphatic carbocycles. The molecule has 0 spiro atoms. The number of hydrogen-bond acceptors (Lipinski definition) is 6. The van der Waals surface area contributed by atoms with Crippen molar-refractivity contribution in [3.63, 3.8) is 0 Å². The zero-order valence-electron chi connectivity index (χ0n) is 13.0. The van der Waals surface area contributed by atoms with Gasteiger partial charge in [0.1, 0.15) is 16.8 Å². The lowest BCUT2D eigenvalue weighted by Gasteiger charge is -2.30. The Labute approximate surface area is 145 Å². The van der Waals surface area contributed by atoms with Gasteiger partial charge in [-0.2, -0.15) is 0 Å². The van der Waals surface area contributed by atoms with Crippen LogP contribution in [0.2, 0.25) is 5.02 Å². The van der Waals surface area contributed by atoms with Gasteiger partial charge in [0.25, 0.3) is 0 Å². The van der Waals surface area contributed by atoms with E-state index in [1.54, 1.807) is 12.5 Å². The van der Waals surface area contributed by atoms with Crippen molar-refractivity contribution in [1.29, 1.82) is 0 Å². The molecular weight excluding hydrogens is 354 g/mol. The number of sulfonamides is 1. The third kappa shape index (κ3) is 3.54. The summed E-state index contributed by atoms with van der Waals surface area (Å²) in [5, 5.41) is 0.212. The van der Waals surface area contributed by atoms with Gasteiger partial charge in [0.05, 0.1) is 23.2 Å². The molecule has 3 heterocycles. The van der Waals surface area contributed by atoms with E-state index in [-0.39, 0.29) is 27.9 Å². The van der Waals surface area contributed by atoms with Crippen LogP contribution in [0.25, 0.3) is 0 Å². The fourth-order valence-electron chi connectivity index (χ4n) is 2.72. The summed E-state index contributed by atoms with van der Waals surface area (Å²) < 4.78 is 35.4. The average molecular weight is 372 g/mol. The highest BCUT2D eigenvalue weighted by atomic mass is 35.5. The van der Waals surface area contributed by atoms with Crippen LogP contribution in [0.15, 0.2) is 29.7 Å². The number of hydrogen-bond donors (Lipinski definition) is 2. The minimum absolute atomic E-state index is 0.0813. The fourth-order valence-corrected chi connectivity index (χ4v) is 4.33. The van der Waals surface area contributed by atoms with E-state index in [1.165, 1.54) is 12.3 Å². The summed E-state index contributed by atoms with van der Waals surface area (Å²) >= 11 is 5.83. The van der Waals surface area contributed by atoms with Crippen molar-refractivity contribution in [1.82, 2.24) is 19.3 Å². The van der Waals surface area contributed by atoms with Gasteiger partial charge in [-0.05, 0) is 18.9 Å². The molecule has 10 heteroatoms. The van der Waals surface area contributed by atoms with Gasteiger partial charge in [-0.1, -0.05) is 11.6 Å². The number of ether oxygens (including phenoxy) is 1. The predicted molar refractivity (Wildman–Crippen MR) is 88.9 cm³/mol. The summed E-state index contributed by atoms with van der Waals surface area (Å²) in [6.07, 6.45) is 5.58. The van der Waals surface area contributed by atoms with Gasteiger partial charge in [-0.15, -0.1) is 0 Å². The predicted octanol–water partition coefficient (Wildman–Crippen LogP) is 1.25. The third-order valence-electron chi connectivity index (χ3n) is 3.93. The van der Waals surface area contributed by atoms with Crippen LogP contribution in [0.3, 0.4) is 0 Å². The van der Waals surface area contributed by atoms with Crippen LogP contribution < -0.4 is 10.5 Å². The first-order chi connectivity index (χ1) is 11.4. The number of aromatic nitrogens is 3. The lowest BCUT2D eigenvalue weighted by molar-refractivity contribution is -0.0000425. The maximum absolute atomic E-state index is 12.6. The lowest BCUT2D eigenvalue weighted by atomic mass is 10.0. The second-order valence-electron chi connectivity index (χ2n) is 5.67. The van der Waals surface area contributed by atoms with Crippen molar-refractivity contribution in [3.05, 3.63) is 35.5 Å². The second-order valence-corrected chi connectivity index (χ2v) is 7.79. The molecule has 3 N–H and O–H groups in total. The molecule has 2 unspecified atom stereocenters. The van der Waals surface area contributed by atoms with Gasteiger partial charge in [-0.3, -0.25) is 0 Å². The first-order valence-electron chi connectivity index (χ1n) is 7.38. The molecule has 1 saturated heterocycles. The molecule has 3 rings (SSSR count). The van der Waals surface area contributed by atoms with Crippen molar-refractivity contribution in [2.24, 2.45) is 7.05 Å². The highest BCUT2D eigenvalue weighted by molar-refractivity contribution is 7.89. The highest BCUT2D eigenvalue weighted by Gasteiger charge is 2.30. The Hall–Kier alpha value is -1.68. The number of rotatable bonds is 4. The summed E-state index contributed by atoms with van der Waals surface area (Å²) in [5.74, 6) is -0.0813. The fraction of sp³-hybridized carbons (Fsp3) is 0.429. The van der Waals surface area contributed by atoms with Gasteiger partial charge in [0.15, 0.2) is 0 Å². The number of nitrogens with zero attached hydrogens (tertiary/aromatic N) is 3. The van der Waals surface area contributed by atoms with E-state index in [2.05, 4.69) is 14.7 Å². The van der Waals surface area contributed by atoms with E-state index in [4.69, 9.17) is 22.1 Å². The van der Waals surface area contributed by atoms with Gasteiger partial charge in [0.2, 0.25) is 10.0 Å². The van der Waals surface area contributed by atoms with Crippen LogP contribution in [0.4, 0.5) is 5.82 Å². The van der Waals surface area contributed by atoms with E-state index in [0.29, 0.717) is 19.4 Å². The van der Waals surface area contributed by atoms with Crippen molar-refractivity contribution >= 4 is 27.4 Å². The molecule has 0 saturated carbocycles. The number of pyridine rings is 1. The first kappa shape index (κ1) is 17.2. The van der Waals surface area contributed by atoms with E-state index in [0.717, 1.165) is 5.69 Å². The zero-order chi connectivity index (χ0) is 17.3. The van der Waals surface area contributed by atoms with E-state index in [1.807, 2.05) is 11.6 Å². The number of nitrogens with two attached hydrogens (primary N) is 1. The van der Waals surface area contributed by atoms with Crippen molar-refractivity contribution in [2.45, 2.75) is 29.9 Å². The molecule has 1 aliphatic heterocycles. The highest BCUT2D eigenvalue weighted by Crippen LogP contribution is 2.29. The minimum atomic E-state index is -3.82. The van der Waals surface area contributed by atoms with Crippen molar-refractivity contribution in [2.75, 3.05) is 12.3 Å². The Morgan fingerprint density at radius 1 is 1.46 bits per heavy atom. The molecule has 0 aromatic carbocycles. The number of nitrogens with one attached hydrogen (secondary N) is 1. The molecular formula is C14H18ClN5O3S. The van der Waals surface area contributed by atoms with E-state index < -0.39 is 10.0 Å². The summed E-state index contributed by atoms with van der Waals surface area (Å²) in [6, 6.07) is 1.02. The monoisotopic (exact) mass is 371 g/mol. The minimum Gasteiger partial charge on any atom is -0.383 e. The first-order valence-corrected chi connectivity index (χ1v) is 9.24. The van der Waals surface area contributed by atoms with E-state index >= 15 is 0 Å². The molecule has 2 aromatic heterocycles. The van der Waals surface area contributed by atoms with Crippen LogP contribution in [0, 0.1) is 0 Å². The van der Waals surface area contributed by atoms with Crippen LogP contribution in [-0.2, 0) is 21.8 Å². The SMILES string of the molecule is Cn1cncc1C1CC(NS(=O)(=O)c2cc(Cl)cnc2N)CCO1. The Kier molecular flexibility index (Phi) is 4.77. The Bertz CT molecular complexity index is 839. The Balaban J connectivity index is 1.77. The van der Waals surface area contributed by atoms with Crippen LogP contribution >= 0.6 is 11.6 Å². The van der Waals surface area contributed by atoms with Gasteiger partial charge in [-0.25, -0.2) is 23.1 Å².